The van der Waals surface area contributed by atoms with E-state index in [2.05, 4.69) is 15.9 Å². The number of anilines is 1. The van der Waals surface area contributed by atoms with Crippen molar-refractivity contribution in [3.05, 3.63) is 28.8 Å². The topological polar surface area (TPSA) is 67.2 Å². The van der Waals surface area contributed by atoms with Gasteiger partial charge >= 0.3 is 6.09 Å². The van der Waals surface area contributed by atoms with Crippen molar-refractivity contribution >= 4 is 23.4 Å². The largest absolute Gasteiger partial charge is 0.465 e. The van der Waals surface area contributed by atoms with Crippen molar-refractivity contribution in [2.24, 2.45) is 11.8 Å². The Hall–Kier alpha value is -1.50. The Labute approximate surface area is 158 Å². The third kappa shape index (κ3) is 3.50. The monoisotopic (exact) mass is 379 g/mol. The Morgan fingerprint density at radius 1 is 1.12 bits per heavy atom. The molecule has 26 heavy (non-hydrogen) atoms. The Morgan fingerprint density at radius 2 is 1.77 bits per heavy atom. The number of rotatable bonds is 3. The second kappa shape index (κ2) is 7.25. The highest BCUT2D eigenvalue weighted by molar-refractivity contribution is 6.33. The minimum Gasteiger partial charge on any atom is -0.465 e. The van der Waals surface area contributed by atoms with E-state index in [0.29, 0.717) is 24.9 Å². The minimum absolute atomic E-state index is 0.202. The number of hydrogen-bond acceptors (Lipinski definition) is 4. The van der Waals surface area contributed by atoms with Crippen LogP contribution in [0.25, 0.3) is 0 Å². The van der Waals surface area contributed by atoms with Gasteiger partial charge in [-0.25, -0.2) is 4.79 Å². The summed E-state index contributed by atoms with van der Waals surface area (Å²) in [5.74, 6) is 0.887. The Bertz CT molecular complexity index is 664. The molecule has 1 aromatic carbocycles. The molecular formula is C19H26ClN3O3. The van der Waals surface area contributed by atoms with Gasteiger partial charge < -0.3 is 20.0 Å². The first-order valence-corrected chi connectivity index (χ1v) is 9.79. The predicted molar refractivity (Wildman–Crippen MR) is 101 cm³/mol. The molecule has 2 unspecified atom stereocenters. The van der Waals surface area contributed by atoms with Gasteiger partial charge in [-0.1, -0.05) is 23.7 Å². The van der Waals surface area contributed by atoms with Crippen LogP contribution in [0, 0.1) is 11.8 Å². The van der Waals surface area contributed by atoms with Crippen molar-refractivity contribution in [1.29, 1.82) is 0 Å². The molecule has 0 saturated carbocycles. The van der Waals surface area contributed by atoms with Gasteiger partial charge in [0.2, 0.25) is 0 Å². The first-order valence-electron chi connectivity index (χ1n) is 9.42. The molecule has 3 aliphatic heterocycles. The van der Waals surface area contributed by atoms with Crippen LogP contribution >= 0.6 is 11.6 Å². The van der Waals surface area contributed by atoms with Crippen LogP contribution in [0.5, 0.6) is 0 Å². The van der Waals surface area contributed by atoms with E-state index in [4.69, 9.17) is 11.6 Å². The van der Waals surface area contributed by atoms with E-state index in [1.54, 1.807) is 4.90 Å². The molecule has 3 aliphatic rings. The number of halogens is 1. The molecule has 142 valence electrons. The molecule has 1 aromatic rings. The maximum absolute atomic E-state index is 11.2. The number of benzene rings is 1. The molecule has 3 heterocycles. The van der Waals surface area contributed by atoms with Crippen LogP contribution in [-0.2, 0) is 6.54 Å². The molecule has 1 amide bonds. The van der Waals surface area contributed by atoms with E-state index in [-0.39, 0.29) is 6.10 Å². The third-order valence-electron chi connectivity index (χ3n) is 6.08. The third-order valence-corrected chi connectivity index (χ3v) is 6.38. The zero-order valence-electron chi connectivity index (χ0n) is 14.9. The van der Waals surface area contributed by atoms with Gasteiger partial charge in [0.05, 0.1) is 16.8 Å². The molecule has 0 radical (unpaired) electrons. The summed E-state index contributed by atoms with van der Waals surface area (Å²) in [6.45, 7) is 5.70. The Morgan fingerprint density at radius 3 is 2.38 bits per heavy atom. The summed E-state index contributed by atoms with van der Waals surface area (Å²) < 4.78 is 0. The van der Waals surface area contributed by atoms with Gasteiger partial charge in [-0.2, -0.15) is 0 Å². The quantitative estimate of drug-likeness (QED) is 0.843. The first-order chi connectivity index (χ1) is 12.5. The molecule has 2 atom stereocenters. The average Bonchev–Trinajstić information content (AvgIpc) is 3.15. The van der Waals surface area contributed by atoms with Crippen molar-refractivity contribution in [2.45, 2.75) is 25.5 Å². The van der Waals surface area contributed by atoms with E-state index in [1.165, 1.54) is 5.56 Å². The fourth-order valence-electron chi connectivity index (χ4n) is 4.75. The second-order valence-electron chi connectivity index (χ2n) is 7.87. The lowest BCUT2D eigenvalue weighted by atomic mass is 10.0. The lowest BCUT2D eigenvalue weighted by Gasteiger charge is -2.34. The van der Waals surface area contributed by atoms with Crippen LogP contribution in [0.2, 0.25) is 5.02 Å². The normalized spacial score (nSPS) is 27.2. The number of nitrogens with zero attached hydrogens (tertiary/aromatic N) is 3. The summed E-state index contributed by atoms with van der Waals surface area (Å²) in [6.07, 6.45) is 0.565. The molecule has 2 N–H and O–H groups in total. The number of carboxylic acid groups (broad SMARTS) is 1. The van der Waals surface area contributed by atoms with E-state index >= 15 is 0 Å². The van der Waals surface area contributed by atoms with Crippen LogP contribution in [0.4, 0.5) is 10.5 Å². The number of piperidine rings is 1. The summed E-state index contributed by atoms with van der Waals surface area (Å²) in [4.78, 5) is 17.4. The van der Waals surface area contributed by atoms with Crippen LogP contribution in [0.1, 0.15) is 18.4 Å². The number of para-hydroxylation sites is 1. The number of carbonyl (C=O) groups is 1. The van der Waals surface area contributed by atoms with Crippen molar-refractivity contribution in [1.82, 2.24) is 9.80 Å². The summed E-state index contributed by atoms with van der Waals surface area (Å²) in [5.41, 5.74) is 2.33. The van der Waals surface area contributed by atoms with Gasteiger partial charge in [-0.05, 0) is 36.3 Å². The highest BCUT2D eigenvalue weighted by atomic mass is 35.5. The highest BCUT2D eigenvalue weighted by Gasteiger charge is 2.41. The number of hydrogen-bond donors (Lipinski definition) is 2. The van der Waals surface area contributed by atoms with Crippen LogP contribution in [-0.4, -0.2) is 71.5 Å². The Kier molecular flexibility index (Phi) is 4.99. The smallest absolute Gasteiger partial charge is 0.407 e. The van der Waals surface area contributed by atoms with Crippen LogP contribution < -0.4 is 4.90 Å². The fourth-order valence-corrected chi connectivity index (χ4v) is 5.06. The van der Waals surface area contributed by atoms with Gasteiger partial charge in [-0.15, -0.1) is 0 Å². The molecule has 0 spiro atoms. The molecule has 7 heteroatoms. The number of likely N-dealkylation sites (tertiary alicyclic amines) is 2. The average molecular weight is 380 g/mol. The molecule has 3 saturated heterocycles. The maximum Gasteiger partial charge on any atom is 0.407 e. The van der Waals surface area contributed by atoms with Crippen LogP contribution in [0.3, 0.4) is 0 Å². The van der Waals surface area contributed by atoms with Gasteiger partial charge in [0.25, 0.3) is 0 Å². The highest BCUT2D eigenvalue weighted by Crippen LogP contribution is 2.36. The summed E-state index contributed by atoms with van der Waals surface area (Å²) >= 11 is 6.54. The van der Waals surface area contributed by atoms with E-state index < -0.39 is 6.09 Å². The lowest BCUT2D eigenvalue weighted by Crippen LogP contribution is -2.37. The lowest BCUT2D eigenvalue weighted by molar-refractivity contribution is 0.145. The van der Waals surface area contributed by atoms with Crippen molar-refractivity contribution < 1.29 is 15.0 Å². The van der Waals surface area contributed by atoms with Crippen molar-refractivity contribution in [3.8, 4) is 0 Å². The molecular weight excluding hydrogens is 354 g/mol. The number of aliphatic hydroxyl groups is 1. The predicted octanol–water partition coefficient (Wildman–Crippen LogP) is 2.34. The van der Waals surface area contributed by atoms with E-state index in [0.717, 1.165) is 56.3 Å². The SMILES string of the molecule is O=C(O)N1CC2CN(Cc3cccc(Cl)c3N3CCC(O)CC3)CC2C1. The molecule has 3 fully saturated rings. The zero-order chi connectivity index (χ0) is 18.3. The van der Waals surface area contributed by atoms with E-state index in [1.807, 2.05) is 12.1 Å². The minimum atomic E-state index is -0.796. The van der Waals surface area contributed by atoms with Crippen LogP contribution in [0.15, 0.2) is 18.2 Å². The molecule has 0 aromatic heterocycles. The second-order valence-corrected chi connectivity index (χ2v) is 8.27. The van der Waals surface area contributed by atoms with Gasteiger partial charge in [0, 0.05) is 45.8 Å². The molecule has 6 nitrogen and oxygen atoms in total. The number of aliphatic hydroxyl groups excluding tert-OH is 1. The Balaban J connectivity index is 1.45. The standard InChI is InChI=1S/C19H26ClN3O3/c20-17-3-1-2-13(18(17)22-6-4-16(24)5-7-22)8-21-9-14-11-23(19(25)26)12-15(14)10-21/h1-3,14-16,24H,4-12H2,(H,25,26). The zero-order valence-corrected chi connectivity index (χ0v) is 15.6. The fraction of sp³-hybridized carbons (Fsp3) is 0.632. The molecule has 0 bridgehead atoms. The summed E-state index contributed by atoms with van der Waals surface area (Å²) in [6, 6.07) is 6.09. The maximum atomic E-state index is 11.2. The number of fused-ring (bicyclic) bond motifs is 1. The van der Waals surface area contributed by atoms with Gasteiger partial charge in [-0.3, -0.25) is 4.90 Å². The summed E-state index contributed by atoms with van der Waals surface area (Å²) in [5, 5.41) is 19.7. The molecule has 0 aliphatic carbocycles. The van der Waals surface area contributed by atoms with Crippen molar-refractivity contribution in [2.75, 3.05) is 44.2 Å². The van der Waals surface area contributed by atoms with Gasteiger partial charge in [0.15, 0.2) is 0 Å². The van der Waals surface area contributed by atoms with Gasteiger partial charge in [0.1, 0.15) is 0 Å². The summed E-state index contributed by atoms with van der Waals surface area (Å²) in [7, 11) is 0. The van der Waals surface area contributed by atoms with Crippen molar-refractivity contribution in [3.63, 3.8) is 0 Å². The number of amides is 1. The van der Waals surface area contributed by atoms with E-state index in [9.17, 15) is 15.0 Å². The first kappa shape index (κ1) is 17.9. The molecule has 4 rings (SSSR count).